The monoisotopic (exact) mass is 221 g/mol. The lowest BCUT2D eigenvalue weighted by molar-refractivity contribution is 0.281. The zero-order valence-electron chi connectivity index (χ0n) is 8.30. The molecule has 2 aromatic rings. The molecule has 78 valence electrons. The minimum atomic E-state index is -0.0141. The van der Waals surface area contributed by atoms with Crippen LogP contribution in [-0.2, 0) is 6.61 Å². The predicted molar refractivity (Wildman–Crippen MR) is 60.0 cm³/mol. The molecule has 15 heavy (non-hydrogen) atoms. The van der Waals surface area contributed by atoms with Gasteiger partial charge < -0.3 is 9.84 Å². The lowest BCUT2D eigenvalue weighted by Crippen LogP contribution is -1.88. The third kappa shape index (κ3) is 2.00. The Morgan fingerprint density at radius 2 is 2.20 bits per heavy atom. The molecule has 0 radical (unpaired) electrons. The van der Waals surface area contributed by atoms with Crippen molar-refractivity contribution in [2.45, 2.75) is 6.61 Å². The van der Waals surface area contributed by atoms with Gasteiger partial charge in [-0.3, -0.25) is 0 Å². The molecule has 0 unspecified atom stereocenters. The number of aromatic nitrogens is 1. The van der Waals surface area contributed by atoms with E-state index in [1.165, 1.54) is 11.3 Å². The maximum Gasteiger partial charge on any atom is 0.128 e. The van der Waals surface area contributed by atoms with Gasteiger partial charge in [-0.25, -0.2) is 4.98 Å². The summed E-state index contributed by atoms with van der Waals surface area (Å²) in [4.78, 5) is 4.30. The van der Waals surface area contributed by atoms with Crippen molar-refractivity contribution in [2.24, 2.45) is 0 Å². The van der Waals surface area contributed by atoms with Gasteiger partial charge in [0.1, 0.15) is 10.8 Å². The van der Waals surface area contributed by atoms with Crippen molar-refractivity contribution in [3.8, 4) is 17.0 Å². The molecule has 0 bridgehead atoms. The number of thiazole rings is 1. The summed E-state index contributed by atoms with van der Waals surface area (Å²) in [5.41, 5.74) is 1.80. The highest BCUT2D eigenvalue weighted by atomic mass is 32.1. The second kappa shape index (κ2) is 4.42. The van der Waals surface area contributed by atoms with E-state index in [4.69, 9.17) is 9.84 Å². The van der Waals surface area contributed by atoms with Crippen LogP contribution in [0.1, 0.15) is 5.01 Å². The van der Waals surface area contributed by atoms with Crippen molar-refractivity contribution in [1.29, 1.82) is 0 Å². The first-order valence-electron chi connectivity index (χ1n) is 4.54. The standard InChI is InChI=1S/C11H11NO2S/c1-14-10-5-3-2-4-8(10)9-7-15-11(6-13)12-9/h2-5,7,13H,6H2,1H3. The first kappa shape index (κ1) is 10.1. The molecule has 0 aliphatic heterocycles. The van der Waals surface area contributed by atoms with Crippen LogP contribution in [0.2, 0.25) is 0 Å². The van der Waals surface area contributed by atoms with Crippen molar-refractivity contribution in [1.82, 2.24) is 4.98 Å². The van der Waals surface area contributed by atoms with Crippen molar-refractivity contribution in [3.63, 3.8) is 0 Å². The van der Waals surface area contributed by atoms with Crippen molar-refractivity contribution in [2.75, 3.05) is 7.11 Å². The molecule has 4 heteroatoms. The van der Waals surface area contributed by atoms with Gasteiger partial charge in [-0.2, -0.15) is 0 Å². The summed E-state index contributed by atoms with van der Waals surface area (Å²) in [5.74, 6) is 0.798. The van der Waals surface area contributed by atoms with Gasteiger partial charge in [0.2, 0.25) is 0 Å². The van der Waals surface area contributed by atoms with Gasteiger partial charge in [-0.15, -0.1) is 11.3 Å². The number of methoxy groups -OCH3 is 1. The Hall–Kier alpha value is -1.39. The molecule has 1 N–H and O–H groups in total. The zero-order valence-corrected chi connectivity index (χ0v) is 9.12. The van der Waals surface area contributed by atoms with E-state index >= 15 is 0 Å². The molecule has 0 aliphatic rings. The van der Waals surface area contributed by atoms with E-state index in [-0.39, 0.29) is 6.61 Å². The van der Waals surface area contributed by atoms with Crippen molar-refractivity contribution < 1.29 is 9.84 Å². The molecular weight excluding hydrogens is 210 g/mol. The van der Waals surface area contributed by atoms with Crippen LogP contribution in [-0.4, -0.2) is 17.2 Å². The highest BCUT2D eigenvalue weighted by Gasteiger charge is 2.08. The van der Waals surface area contributed by atoms with Crippen LogP contribution < -0.4 is 4.74 Å². The number of hydrogen-bond donors (Lipinski definition) is 1. The lowest BCUT2D eigenvalue weighted by atomic mass is 10.1. The molecule has 0 saturated carbocycles. The Bertz CT molecular complexity index is 453. The van der Waals surface area contributed by atoms with Gasteiger partial charge in [0.15, 0.2) is 0 Å². The minimum Gasteiger partial charge on any atom is -0.496 e. The van der Waals surface area contributed by atoms with E-state index in [1.54, 1.807) is 7.11 Å². The fourth-order valence-electron chi connectivity index (χ4n) is 1.36. The van der Waals surface area contributed by atoms with E-state index in [2.05, 4.69) is 4.98 Å². The molecule has 1 aromatic heterocycles. The number of ether oxygens (including phenoxy) is 1. The Kier molecular flexibility index (Phi) is 2.99. The predicted octanol–water partition coefficient (Wildman–Crippen LogP) is 2.31. The summed E-state index contributed by atoms with van der Waals surface area (Å²) in [6.07, 6.45) is 0. The molecule has 0 atom stereocenters. The van der Waals surface area contributed by atoms with Gasteiger partial charge in [0.25, 0.3) is 0 Å². The Morgan fingerprint density at radius 3 is 2.87 bits per heavy atom. The number of hydrogen-bond acceptors (Lipinski definition) is 4. The van der Waals surface area contributed by atoms with Crippen LogP contribution in [0.5, 0.6) is 5.75 Å². The van der Waals surface area contributed by atoms with Crippen LogP contribution in [0.15, 0.2) is 29.6 Å². The van der Waals surface area contributed by atoms with E-state index in [1.807, 2.05) is 29.6 Å². The van der Waals surface area contributed by atoms with Crippen LogP contribution in [0.25, 0.3) is 11.3 Å². The zero-order chi connectivity index (χ0) is 10.7. The van der Waals surface area contributed by atoms with E-state index < -0.39 is 0 Å². The fourth-order valence-corrected chi connectivity index (χ4v) is 2.02. The summed E-state index contributed by atoms with van der Waals surface area (Å²) in [6.45, 7) is -0.0141. The van der Waals surface area contributed by atoms with Crippen LogP contribution in [0, 0.1) is 0 Å². The smallest absolute Gasteiger partial charge is 0.128 e. The molecule has 0 amide bonds. The molecule has 1 aromatic carbocycles. The Balaban J connectivity index is 2.44. The number of benzene rings is 1. The summed E-state index contributed by atoms with van der Waals surface area (Å²) in [7, 11) is 1.64. The van der Waals surface area contributed by atoms with Crippen LogP contribution >= 0.6 is 11.3 Å². The molecule has 0 saturated heterocycles. The summed E-state index contributed by atoms with van der Waals surface area (Å²) in [6, 6.07) is 7.71. The topological polar surface area (TPSA) is 42.4 Å². The molecule has 1 heterocycles. The second-order valence-electron chi connectivity index (χ2n) is 2.98. The van der Waals surface area contributed by atoms with Crippen LogP contribution in [0.4, 0.5) is 0 Å². The normalized spacial score (nSPS) is 10.3. The largest absolute Gasteiger partial charge is 0.496 e. The highest BCUT2D eigenvalue weighted by Crippen LogP contribution is 2.30. The van der Waals surface area contributed by atoms with E-state index in [0.717, 1.165) is 22.0 Å². The summed E-state index contributed by atoms with van der Waals surface area (Å²) in [5, 5.41) is 11.6. The number of rotatable bonds is 3. The minimum absolute atomic E-state index is 0.0141. The SMILES string of the molecule is COc1ccccc1-c1csc(CO)n1. The Morgan fingerprint density at radius 1 is 1.40 bits per heavy atom. The van der Waals surface area contributed by atoms with Gasteiger partial charge in [-0.1, -0.05) is 12.1 Å². The van der Waals surface area contributed by atoms with Gasteiger partial charge in [0.05, 0.1) is 19.4 Å². The van der Waals surface area contributed by atoms with Gasteiger partial charge in [-0.05, 0) is 12.1 Å². The maximum absolute atomic E-state index is 8.94. The average Bonchev–Trinajstić information content (AvgIpc) is 2.77. The number of aliphatic hydroxyl groups is 1. The Labute approximate surface area is 92.0 Å². The van der Waals surface area contributed by atoms with Crippen molar-refractivity contribution >= 4 is 11.3 Å². The van der Waals surface area contributed by atoms with E-state index in [0.29, 0.717) is 0 Å². The number of nitrogens with zero attached hydrogens (tertiary/aromatic N) is 1. The lowest BCUT2D eigenvalue weighted by Gasteiger charge is -2.04. The van der Waals surface area contributed by atoms with E-state index in [9.17, 15) is 0 Å². The molecule has 0 fully saturated rings. The molecular formula is C11H11NO2S. The number of para-hydroxylation sites is 1. The summed E-state index contributed by atoms with van der Waals surface area (Å²) >= 11 is 1.45. The molecule has 0 spiro atoms. The highest BCUT2D eigenvalue weighted by molar-refractivity contribution is 7.09. The summed E-state index contributed by atoms with van der Waals surface area (Å²) < 4.78 is 5.24. The fraction of sp³-hybridized carbons (Fsp3) is 0.182. The average molecular weight is 221 g/mol. The molecule has 0 aliphatic carbocycles. The first-order valence-corrected chi connectivity index (χ1v) is 5.41. The van der Waals surface area contributed by atoms with Crippen molar-refractivity contribution in [3.05, 3.63) is 34.7 Å². The quantitative estimate of drug-likeness (QED) is 0.864. The van der Waals surface area contributed by atoms with Crippen LogP contribution in [0.3, 0.4) is 0 Å². The van der Waals surface area contributed by atoms with Gasteiger partial charge >= 0.3 is 0 Å². The number of aliphatic hydroxyl groups excluding tert-OH is 1. The maximum atomic E-state index is 8.94. The molecule has 2 rings (SSSR count). The van der Waals surface area contributed by atoms with Gasteiger partial charge in [0, 0.05) is 10.9 Å². The first-order chi connectivity index (χ1) is 7.35. The molecule has 3 nitrogen and oxygen atoms in total. The third-order valence-electron chi connectivity index (χ3n) is 2.07. The third-order valence-corrected chi connectivity index (χ3v) is 2.90. The second-order valence-corrected chi connectivity index (χ2v) is 3.93.